The van der Waals surface area contributed by atoms with Crippen LogP contribution in [0.5, 0.6) is 0 Å². The molecule has 0 spiro atoms. The third-order valence-corrected chi connectivity index (χ3v) is 4.59. The molecule has 0 saturated carbocycles. The Balaban J connectivity index is 1.92. The van der Waals surface area contributed by atoms with Crippen LogP contribution in [0, 0.1) is 5.92 Å². The van der Waals surface area contributed by atoms with E-state index in [-0.39, 0.29) is 11.6 Å². The van der Waals surface area contributed by atoms with Gasteiger partial charge in [0, 0.05) is 48.6 Å². The van der Waals surface area contributed by atoms with Crippen LogP contribution in [0.4, 0.5) is 17.5 Å². The molecule has 0 fully saturated rings. The number of nitrogens with zero attached hydrogens (tertiary/aromatic N) is 3. The van der Waals surface area contributed by atoms with Gasteiger partial charge in [-0.1, -0.05) is 19.9 Å². The van der Waals surface area contributed by atoms with E-state index in [0.717, 1.165) is 16.6 Å². The minimum atomic E-state index is -0.594. The van der Waals surface area contributed by atoms with Gasteiger partial charge in [0.05, 0.1) is 0 Å². The van der Waals surface area contributed by atoms with Crippen molar-refractivity contribution in [3.8, 4) is 0 Å². The number of hydrogen-bond acceptors (Lipinski definition) is 6. The third kappa shape index (κ3) is 4.01. The molecule has 0 aliphatic heterocycles. The minimum absolute atomic E-state index is 0.0288. The van der Waals surface area contributed by atoms with Crippen LogP contribution in [0.3, 0.4) is 0 Å². The van der Waals surface area contributed by atoms with Crippen molar-refractivity contribution < 1.29 is 4.79 Å². The number of carbonyl (C=O) groups is 1. The van der Waals surface area contributed by atoms with E-state index < -0.39 is 5.91 Å². The average molecular weight is 367 g/mol. The Morgan fingerprint density at radius 2 is 2.07 bits per heavy atom. The van der Waals surface area contributed by atoms with Gasteiger partial charge in [-0.3, -0.25) is 4.79 Å². The predicted octanol–water partition coefficient (Wildman–Crippen LogP) is 2.21. The van der Waals surface area contributed by atoms with Gasteiger partial charge < -0.3 is 26.7 Å². The molecule has 0 unspecified atom stereocenters. The molecule has 1 amide bonds. The Labute approximate surface area is 158 Å². The number of fused-ring (bicyclic) bond motifs is 1. The van der Waals surface area contributed by atoms with Crippen molar-refractivity contribution in [3.63, 3.8) is 0 Å². The summed E-state index contributed by atoms with van der Waals surface area (Å²) in [6.45, 7) is 4.63. The van der Waals surface area contributed by atoms with Crippen molar-refractivity contribution in [2.45, 2.75) is 19.9 Å². The Bertz CT molecular complexity index is 964. The van der Waals surface area contributed by atoms with Gasteiger partial charge in [0.25, 0.3) is 5.91 Å². The summed E-state index contributed by atoms with van der Waals surface area (Å²) in [6, 6.07) is 7.87. The molecule has 3 rings (SSSR count). The number of nitrogens with two attached hydrogens (primary N) is 2. The van der Waals surface area contributed by atoms with Crippen molar-refractivity contribution in [2.24, 2.45) is 24.4 Å². The van der Waals surface area contributed by atoms with Gasteiger partial charge in [-0.25, -0.2) is 4.98 Å². The number of benzene rings is 1. The molecular formula is C19H25N7O. The zero-order valence-corrected chi connectivity index (χ0v) is 15.7. The van der Waals surface area contributed by atoms with E-state index >= 15 is 0 Å². The van der Waals surface area contributed by atoms with Crippen LogP contribution in [0.25, 0.3) is 10.9 Å². The van der Waals surface area contributed by atoms with Crippen molar-refractivity contribution in [2.75, 3.05) is 17.2 Å². The standard InChI is InChI=1S/C19H25N7O/c1-11(2)14(20)10-23-19-22-9-13(17(21)27)18(25-19)24-15-5-4-6-16-12(15)7-8-26(16)3/h4-9,11,14H,10,20H2,1-3H3,(H2,21,27)(H2,22,23,24,25)/t14-/m1/s1. The SMILES string of the molecule is CC(C)[C@H](N)CNc1ncc(C(N)=O)c(Nc2cccc3c2ccn3C)n1. The molecule has 0 aliphatic rings. The molecule has 0 aliphatic carbocycles. The number of aryl methyl sites for hydroxylation is 1. The lowest BCUT2D eigenvalue weighted by Gasteiger charge is -2.17. The maximum Gasteiger partial charge on any atom is 0.254 e. The van der Waals surface area contributed by atoms with Gasteiger partial charge in [-0.05, 0) is 24.1 Å². The first kappa shape index (κ1) is 18.7. The molecule has 2 aromatic heterocycles. The lowest BCUT2D eigenvalue weighted by molar-refractivity contribution is 0.100. The summed E-state index contributed by atoms with van der Waals surface area (Å²) in [5, 5.41) is 7.36. The summed E-state index contributed by atoms with van der Waals surface area (Å²) in [7, 11) is 1.98. The summed E-state index contributed by atoms with van der Waals surface area (Å²) in [6.07, 6.45) is 3.40. The Morgan fingerprint density at radius 1 is 1.30 bits per heavy atom. The molecule has 0 radical (unpaired) electrons. The molecule has 8 heteroatoms. The molecule has 1 aromatic carbocycles. The highest BCUT2D eigenvalue weighted by Gasteiger charge is 2.15. The average Bonchev–Trinajstić information content (AvgIpc) is 3.01. The molecule has 8 nitrogen and oxygen atoms in total. The molecule has 0 saturated heterocycles. The quantitative estimate of drug-likeness (QED) is 0.507. The Hall–Kier alpha value is -3.13. The second-order valence-corrected chi connectivity index (χ2v) is 6.90. The van der Waals surface area contributed by atoms with Crippen molar-refractivity contribution in [1.29, 1.82) is 0 Å². The Kier molecular flexibility index (Phi) is 5.27. The van der Waals surface area contributed by atoms with Gasteiger partial charge in [0.15, 0.2) is 0 Å². The predicted molar refractivity (Wildman–Crippen MR) is 108 cm³/mol. The maximum atomic E-state index is 11.8. The number of nitrogens with one attached hydrogen (secondary N) is 2. The molecular weight excluding hydrogens is 342 g/mol. The van der Waals surface area contributed by atoms with Gasteiger partial charge >= 0.3 is 0 Å². The normalized spacial score (nSPS) is 12.3. The topological polar surface area (TPSA) is 124 Å². The molecule has 27 heavy (non-hydrogen) atoms. The van der Waals surface area contributed by atoms with Crippen molar-refractivity contribution >= 4 is 34.3 Å². The van der Waals surface area contributed by atoms with E-state index in [1.54, 1.807) is 0 Å². The largest absolute Gasteiger partial charge is 0.365 e. The van der Waals surface area contributed by atoms with Crippen LogP contribution in [-0.4, -0.2) is 33.0 Å². The van der Waals surface area contributed by atoms with E-state index in [2.05, 4.69) is 34.4 Å². The lowest BCUT2D eigenvalue weighted by atomic mass is 10.1. The number of amides is 1. The third-order valence-electron chi connectivity index (χ3n) is 4.59. The van der Waals surface area contributed by atoms with E-state index in [1.807, 2.05) is 42.1 Å². The molecule has 6 N–H and O–H groups in total. The van der Waals surface area contributed by atoms with Gasteiger partial charge in [-0.2, -0.15) is 4.98 Å². The highest BCUT2D eigenvalue weighted by Crippen LogP contribution is 2.27. The number of aromatic nitrogens is 3. The second-order valence-electron chi connectivity index (χ2n) is 6.90. The van der Waals surface area contributed by atoms with Crippen LogP contribution in [-0.2, 0) is 7.05 Å². The highest BCUT2D eigenvalue weighted by molar-refractivity contribution is 6.00. The summed E-state index contributed by atoms with van der Waals surface area (Å²) in [5.74, 6) is 0.479. The summed E-state index contributed by atoms with van der Waals surface area (Å²) in [5.41, 5.74) is 13.7. The summed E-state index contributed by atoms with van der Waals surface area (Å²) in [4.78, 5) is 20.4. The summed E-state index contributed by atoms with van der Waals surface area (Å²) >= 11 is 0. The first-order chi connectivity index (χ1) is 12.9. The minimum Gasteiger partial charge on any atom is -0.365 e. The highest BCUT2D eigenvalue weighted by atomic mass is 16.1. The van der Waals surface area contributed by atoms with Crippen LogP contribution in [0.15, 0.2) is 36.7 Å². The van der Waals surface area contributed by atoms with E-state index in [0.29, 0.717) is 24.2 Å². The Morgan fingerprint density at radius 3 is 2.78 bits per heavy atom. The van der Waals surface area contributed by atoms with Gasteiger partial charge in [-0.15, -0.1) is 0 Å². The van der Waals surface area contributed by atoms with Gasteiger partial charge in [0.2, 0.25) is 5.95 Å². The number of hydrogen-bond donors (Lipinski definition) is 4. The number of anilines is 3. The fourth-order valence-electron chi connectivity index (χ4n) is 2.73. The van der Waals surface area contributed by atoms with Crippen LogP contribution >= 0.6 is 0 Å². The number of primary amides is 1. The van der Waals surface area contributed by atoms with E-state index in [1.165, 1.54) is 6.20 Å². The zero-order chi connectivity index (χ0) is 19.6. The van der Waals surface area contributed by atoms with Crippen LogP contribution in [0.2, 0.25) is 0 Å². The van der Waals surface area contributed by atoms with Crippen molar-refractivity contribution in [1.82, 2.24) is 14.5 Å². The van der Waals surface area contributed by atoms with Crippen LogP contribution < -0.4 is 22.1 Å². The molecule has 0 bridgehead atoms. The number of rotatable bonds is 7. The summed E-state index contributed by atoms with van der Waals surface area (Å²) < 4.78 is 2.02. The fourth-order valence-corrected chi connectivity index (χ4v) is 2.73. The molecule has 1 atom stereocenters. The fraction of sp³-hybridized carbons (Fsp3) is 0.316. The van der Waals surface area contributed by atoms with Gasteiger partial charge in [0.1, 0.15) is 11.4 Å². The first-order valence-corrected chi connectivity index (χ1v) is 8.84. The van der Waals surface area contributed by atoms with E-state index in [9.17, 15) is 4.79 Å². The second kappa shape index (κ2) is 7.63. The molecule has 142 valence electrons. The first-order valence-electron chi connectivity index (χ1n) is 8.84. The maximum absolute atomic E-state index is 11.8. The number of carbonyl (C=O) groups excluding carboxylic acids is 1. The molecule has 2 heterocycles. The zero-order valence-electron chi connectivity index (χ0n) is 15.7. The monoisotopic (exact) mass is 367 g/mol. The van der Waals surface area contributed by atoms with E-state index in [4.69, 9.17) is 11.5 Å². The molecule has 3 aromatic rings. The van der Waals surface area contributed by atoms with Crippen molar-refractivity contribution in [3.05, 3.63) is 42.2 Å². The lowest BCUT2D eigenvalue weighted by Crippen LogP contribution is -2.34. The smallest absolute Gasteiger partial charge is 0.254 e. The van der Waals surface area contributed by atoms with Crippen LogP contribution in [0.1, 0.15) is 24.2 Å².